The van der Waals surface area contributed by atoms with Gasteiger partial charge in [-0.1, -0.05) is 11.8 Å². The number of esters is 1. The summed E-state index contributed by atoms with van der Waals surface area (Å²) in [5.41, 5.74) is 0.777. The minimum absolute atomic E-state index is 0.0252. The highest BCUT2D eigenvalue weighted by Gasteiger charge is 2.16. The third kappa shape index (κ3) is 4.11. The van der Waals surface area contributed by atoms with Gasteiger partial charge >= 0.3 is 11.9 Å². The minimum atomic E-state index is -1.11. The number of ether oxygens (including phenoxy) is 1. The zero-order valence-electron chi connectivity index (χ0n) is 12.3. The first kappa shape index (κ1) is 16.6. The van der Waals surface area contributed by atoms with Crippen LogP contribution < -0.4 is 0 Å². The Hall–Kier alpha value is -2.78. The number of carbonyl (C=O) groups is 2. The molecule has 0 unspecified atom stereocenters. The summed E-state index contributed by atoms with van der Waals surface area (Å²) in [6, 6.07) is 13.3. The maximum atomic E-state index is 12.1. The van der Waals surface area contributed by atoms with Crippen LogP contribution in [0.25, 0.3) is 0 Å². The van der Waals surface area contributed by atoms with Crippen LogP contribution >= 0.6 is 11.8 Å². The molecule has 0 spiro atoms. The van der Waals surface area contributed by atoms with Crippen molar-refractivity contribution in [3.8, 4) is 6.07 Å². The van der Waals surface area contributed by atoms with Gasteiger partial charge in [-0.3, -0.25) is 0 Å². The van der Waals surface area contributed by atoms with Gasteiger partial charge in [-0.15, -0.1) is 0 Å². The maximum absolute atomic E-state index is 12.1. The van der Waals surface area contributed by atoms with Crippen LogP contribution in [-0.2, 0) is 4.74 Å². The molecule has 2 aromatic carbocycles. The molecular weight excluding hydrogens is 314 g/mol. The van der Waals surface area contributed by atoms with Gasteiger partial charge in [-0.2, -0.15) is 5.26 Å². The van der Waals surface area contributed by atoms with Gasteiger partial charge < -0.3 is 9.84 Å². The Balaban J connectivity index is 2.37. The van der Waals surface area contributed by atoms with E-state index in [1.165, 1.54) is 23.9 Å². The Morgan fingerprint density at radius 2 is 1.91 bits per heavy atom. The lowest BCUT2D eigenvalue weighted by atomic mass is 10.1. The first-order valence-corrected chi connectivity index (χ1v) is 7.59. The van der Waals surface area contributed by atoms with E-state index in [0.29, 0.717) is 10.5 Å². The molecule has 6 heteroatoms. The van der Waals surface area contributed by atoms with Gasteiger partial charge in [-0.05, 0) is 49.4 Å². The monoisotopic (exact) mass is 327 g/mol. The molecule has 2 rings (SSSR count). The van der Waals surface area contributed by atoms with Crippen molar-refractivity contribution in [2.45, 2.75) is 16.7 Å². The zero-order valence-corrected chi connectivity index (χ0v) is 13.1. The molecule has 0 fully saturated rings. The van der Waals surface area contributed by atoms with Crippen LogP contribution in [0, 0.1) is 11.3 Å². The van der Waals surface area contributed by atoms with Crippen molar-refractivity contribution in [1.29, 1.82) is 5.26 Å². The third-order valence-electron chi connectivity index (χ3n) is 2.93. The van der Waals surface area contributed by atoms with Crippen molar-refractivity contribution in [2.75, 3.05) is 6.61 Å². The van der Waals surface area contributed by atoms with Gasteiger partial charge in [0.05, 0.1) is 29.4 Å². The van der Waals surface area contributed by atoms with E-state index >= 15 is 0 Å². The molecule has 23 heavy (non-hydrogen) atoms. The molecule has 0 amide bonds. The third-order valence-corrected chi connectivity index (χ3v) is 4.02. The van der Waals surface area contributed by atoms with Crippen molar-refractivity contribution >= 4 is 23.7 Å². The van der Waals surface area contributed by atoms with Gasteiger partial charge in [0.2, 0.25) is 0 Å². The van der Waals surface area contributed by atoms with E-state index in [-0.39, 0.29) is 17.7 Å². The summed E-state index contributed by atoms with van der Waals surface area (Å²) in [5, 5.41) is 17.9. The number of nitrogens with zero attached hydrogens (tertiary/aromatic N) is 1. The van der Waals surface area contributed by atoms with Crippen molar-refractivity contribution in [3.05, 3.63) is 59.2 Å². The highest BCUT2D eigenvalue weighted by atomic mass is 32.2. The lowest BCUT2D eigenvalue weighted by Gasteiger charge is -2.09. The molecule has 5 nitrogen and oxygen atoms in total. The van der Waals surface area contributed by atoms with Crippen molar-refractivity contribution in [2.24, 2.45) is 0 Å². The smallest absolute Gasteiger partial charge is 0.339 e. The van der Waals surface area contributed by atoms with E-state index in [2.05, 4.69) is 0 Å². The number of carboxylic acids is 1. The molecule has 0 atom stereocenters. The molecule has 0 aliphatic rings. The first-order valence-electron chi connectivity index (χ1n) is 6.77. The fourth-order valence-corrected chi connectivity index (χ4v) is 2.76. The van der Waals surface area contributed by atoms with Crippen LogP contribution in [0.4, 0.5) is 0 Å². The van der Waals surface area contributed by atoms with E-state index in [4.69, 9.17) is 15.1 Å². The van der Waals surface area contributed by atoms with Crippen molar-refractivity contribution in [3.63, 3.8) is 0 Å². The number of carbonyl (C=O) groups excluding carboxylic acids is 1. The van der Waals surface area contributed by atoms with E-state index < -0.39 is 11.9 Å². The van der Waals surface area contributed by atoms with Crippen LogP contribution in [0.3, 0.4) is 0 Å². The average Bonchev–Trinajstić information content (AvgIpc) is 2.56. The van der Waals surface area contributed by atoms with Crippen LogP contribution in [0.15, 0.2) is 52.3 Å². The summed E-state index contributed by atoms with van der Waals surface area (Å²) in [6.45, 7) is 1.89. The molecule has 0 saturated heterocycles. The maximum Gasteiger partial charge on any atom is 0.339 e. The fourth-order valence-electron chi connectivity index (χ4n) is 1.84. The van der Waals surface area contributed by atoms with E-state index in [9.17, 15) is 9.59 Å². The van der Waals surface area contributed by atoms with Gasteiger partial charge in [0, 0.05) is 9.79 Å². The van der Waals surface area contributed by atoms with E-state index in [0.717, 1.165) is 4.90 Å². The molecule has 0 aliphatic carbocycles. The second-order valence-corrected chi connectivity index (χ2v) is 5.59. The normalized spacial score (nSPS) is 9.91. The molecule has 1 N–H and O–H groups in total. The Bertz CT molecular complexity index is 778. The predicted molar refractivity (Wildman–Crippen MR) is 84.6 cm³/mol. The molecule has 0 aliphatic heterocycles. The SMILES string of the molecule is CCOC(=O)c1cc(C(=O)O)ccc1Sc1ccc(C#N)cc1. The topological polar surface area (TPSA) is 87.4 Å². The van der Waals surface area contributed by atoms with Crippen LogP contribution in [0.1, 0.15) is 33.2 Å². The average molecular weight is 327 g/mol. The summed E-state index contributed by atoms with van der Waals surface area (Å²) in [6.07, 6.45) is 0. The molecule has 0 saturated carbocycles. The minimum Gasteiger partial charge on any atom is -0.478 e. The second kappa shape index (κ2) is 7.47. The van der Waals surface area contributed by atoms with Crippen molar-refractivity contribution < 1.29 is 19.4 Å². The van der Waals surface area contributed by atoms with Gasteiger partial charge in [0.1, 0.15) is 0 Å². The van der Waals surface area contributed by atoms with Crippen LogP contribution in [0.5, 0.6) is 0 Å². The lowest BCUT2D eigenvalue weighted by molar-refractivity contribution is 0.0522. The Labute approximate surface area is 137 Å². The number of benzene rings is 2. The number of aromatic carboxylic acids is 1. The molecule has 0 bridgehead atoms. The zero-order chi connectivity index (χ0) is 16.8. The van der Waals surface area contributed by atoms with Gasteiger partial charge in [0.15, 0.2) is 0 Å². The Morgan fingerprint density at radius 1 is 1.22 bits per heavy atom. The molecule has 116 valence electrons. The molecule has 0 heterocycles. The Morgan fingerprint density at radius 3 is 2.48 bits per heavy atom. The molecule has 0 aromatic heterocycles. The Kier molecular flexibility index (Phi) is 5.39. The summed E-state index contributed by atoms with van der Waals surface area (Å²) >= 11 is 1.30. The summed E-state index contributed by atoms with van der Waals surface area (Å²) in [5.74, 6) is -1.67. The van der Waals surface area contributed by atoms with E-state index in [1.807, 2.05) is 6.07 Å². The molecule has 2 aromatic rings. The number of rotatable bonds is 5. The van der Waals surface area contributed by atoms with E-state index in [1.54, 1.807) is 37.3 Å². The quantitative estimate of drug-likeness (QED) is 0.845. The number of hydrogen-bond donors (Lipinski definition) is 1. The highest BCUT2D eigenvalue weighted by Crippen LogP contribution is 2.31. The van der Waals surface area contributed by atoms with Gasteiger partial charge in [-0.25, -0.2) is 9.59 Å². The molecular formula is C17H13NO4S. The standard InChI is InChI=1S/C17H13NO4S/c1-2-22-17(21)14-9-12(16(19)20)5-8-15(14)23-13-6-3-11(10-18)4-7-13/h3-9H,2H2,1H3,(H,19,20). The number of hydrogen-bond acceptors (Lipinski definition) is 5. The summed E-state index contributed by atoms with van der Waals surface area (Å²) < 4.78 is 4.99. The second-order valence-electron chi connectivity index (χ2n) is 4.47. The number of carboxylic acid groups (broad SMARTS) is 1. The van der Waals surface area contributed by atoms with Crippen molar-refractivity contribution in [1.82, 2.24) is 0 Å². The van der Waals surface area contributed by atoms with Crippen LogP contribution in [0.2, 0.25) is 0 Å². The largest absolute Gasteiger partial charge is 0.478 e. The molecule has 0 radical (unpaired) electrons. The lowest BCUT2D eigenvalue weighted by Crippen LogP contribution is -2.08. The fraction of sp³-hybridized carbons (Fsp3) is 0.118. The first-order chi connectivity index (χ1) is 11.0. The van der Waals surface area contributed by atoms with Gasteiger partial charge in [0.25, 0.3) is 0 Å². The summed E-state index contributed by atoms with van der Waals surface area (Å²) in [7, 11) is 0. The highest BCUT2D eigenvalue weighted by molar-refractivity contribution is 7.99. The predicted octanol–water partition coefficient (Wildman–Crippen LogP) is 3.58. The summed E-state index contributed by atoms with van der Waals surface area (Å²) in [4.78, 5) is 24.6. The van der Waals surface area contributed by atoms with Crippen LogP contribution in [-0.4, -0.2) is 23.7 Å². The number of nitriles is 1.